The van der Waals surface area contributed by atoms with Crippen LogP contribution in [0.2, 0.25) is 0 Å². The number of aliphatic hydroxyl groups excluding tert-OH is 2. The zero-order valence-corrected chi connectivity index (χ0v) is 21.2. The fourth-order valence-corrected chi connectivity index (χ4v) is 4.38. The summed E-state index contributed by atoms with van der Waals surface area (Å²) < 4.78 is 28.5. The van der Waals surface area contributed by atoms with E-state index in [0.29, 0.717) is 17.7 Å². The van der Waals surface area contributed by atoms with Crippen molar-refractivity contribution in [1.29, 1.82) is 0 Å². The summed E-state index contributed by atoms with van der Waals surface area (Å²) in [4.78, 5) is 0.165. The van der Waals surface area contributed by atoms with Crippen molar-refractivity contribution < 1.29 is 28.5 Å². The van der Waals surface area contributed by atoms with Gasteiger partial charge in [0.05, 0.1) is 17.6 Å². The van der Waals surface area contributed by atoms with E-state index in [1.165, 1.54) is 12.1 Å². The molecule has 0 saturated carbocycles. The molecule has 2 aromatic carbocycles. The molecule has 2 aromatic rings. The number of sulfonamides is 1. The summed E-state index contributed by atoms with van der Waals surface area (Å²) in [6.45, 7) is 2.49. The van der Waals surface area contributed by atoms with Gasteiger partial charge in [0.2, 0.25) is 10.0 Å². The largest absolute Gasteiger partial charge is 0.508 e. The second-order valence-electron chi connectivity index (χ2n) is 8.80. The Kier molecular flexibility index (Phi) is 13.3. The molecule has 196 valence electrons. The molecule has 0 unspecified atom stereocenters. The number of phenols is 1. The number of nitrogens with one attached hydrogen (secondary N) is 1. The lowest BCUT2D eigenvalue weighted by Gasteiger charge is -2.14. The molecule has 0 radical (unpaired) electrons. The quantitative estimate of drug-likeness (QED) is 0.195. The van der Waals surface area contributed by atoms with Crippen LogP contribution >= 0.6 is 0 Å². The minimum Gasteiger partial charge on any atom is -0.508 e. The molecule has 0 spiro atoms. The molecule has 0 heterocycles. The van der Waals surface area contributed by atoms with Crippen molar-refractivity contribution in [3.05, 3.63) is 59.2 Å². The third-order valence-corrected chi connectivity index (χ3v) is 6.78. The second-order valence-corrected chi connectivity index (χ2v) is 10.4. The number of hydrogen-bond donors (Lipinski definition) is 5. The summed E-state index contributed by atoms with van der Waals surface area (Å²) in [5.74, 6) is 0.0337. The highest BCUT2D eigenvalue weighted by Crippen LogP contribution is 2.22. The lowest BCUT2D eigenvalue weighted by Crippen LogP contribution is -2.22. The lowest BCUT2D eigenvalue weighted by atomic mass is 10.1. The van der Waals surface area contributed by atoms with Crippen LogP contribution in [0.5, 0.6) is 5.75 Å². The smallest absolute Gasteiger partial charge is 0.238 e. The highest BCUT2D eigenvalue weighted by Gasteiger charge is 2.10. The SMILES string of the molecule is NS(=O)(=O)c1cccc(CCCCCOCCCCCCNC[C@H](O)c2ccc(O)c(CO)c2)c1. The van der Waals surface area contributed by atoms with Crippen molar-refractivity contribution >= 4 is 10.0 Å². The number of aromatic hydroxyl groups is 1. The fraction of sp³-hybridized carbons (Fsp3) is 0.538. The molecular weight excluding hydrogens is 468 g/mol. The first-order valence-electron chi connectivity index (χ1n) is 12.3. The van der Waals surface area contributed by atoms with Crippen LogP contribution in [-0.2, 0) is 27.8 Å². The first-order chi connectivity index (χ1) is 16.8. The summed E-state index contributed by atoms with van der Waals surface area (Å²) in [6, 6.07) is 11.6. The maximum atomic E-state index is 11.4. The number of primary sulfonamides is 1. The van der Waals surface area contributed by atoms with Gasteiger partial charge in [-0.3, -0.25) is 0 Å². The van der Waals surface area contributed by atoms with Gasteiger partial charge >= 0.3 is 0 Å². The van der Waals surface area contributed by atoms with Crippen molar-refractivity contribution in [1.82, 2.24) is 5.32 Å². The molecule has 0 aliphatic rings. The molecule has 0 aliphatic carbocycles. The molecular formula is C26H40N2O6S. The van der Waals surface area contributed by atoms with Crippen LogP contribution in [0, 0.1) is 0 Å². The fourth-order valence-electron chi connectivity index (χ4n) is 3.79. The zero-order chi connectivity index (χ0) is 25.5. The van der Waals surface area contributed by atoms with Gasteiger partial charge in [-0.05, 0) is 74.0 Å². The zero-order valence-electron chi connectivity index (χ0n) is 20.4. The highest BCUT2D eigenvalue weighted by molar-refractivity contribution is 7.89. The molecule has 8 nitrogen and oxygen atoms in total. The Morgan fingerprint density at radius 1 is 0.943 bits per heavy atom. The molecule has 6 N–H and O–H groups in total. The van der Waals surface area contributed by atoms with Crippen molar-refractivity contribution in [2.75, 3.05) is 26.3 Å². The number of aryl methyl sites for hydroxylation is 1. The molecule has 0 amide bonds. The molecule has 0 aliphatic heterocycles. The predicted molar refractivity (Wildman–Crippen MR) is 137 cm³/mol. The van der Waals surface area contributed by atoms with Crippen LogP contribution in [0.25, 0.3) is 0 Å². The van der Waals surface area contributed by atoms with Crippen LogP contribution in [-0.4, -0.2) is 50.0 Å². The molecule has 0 bridgehead atoms. The Labute approximate surface area is 209 Å². The van der Waals surface area contributed by atoms with Crippen LogP contribution in [0.1, 0.15) is 67.7 Å². The number of ether oxygens (including phenoxy) is 1. The molecule has 2 rings (SSSR count). The maximum Gasteiger partial charge on any atom is 0.238 e. The molecule has 1 atom stereocenters. The number of aliphatic hydroxyl groups is 2. The van der Waals surface area contributed by atoms with E-state index < -0.39 is 16.1 Å². The van der Waals surface area contributed by atoms with Crippen LogP contribution < -0.4 is 10.5 Å². The summed E-state index contributed by atoms with van der Waals surface area (Å²) in [7, 11) is -3.65. The minimum atomic E-state index is -3.65. The average molecular weight is 509 g/mol. The van der Waals surface area contributed by atoms with Gasteiger partial charge in [-0.2, -0.15) is 0 Å². The van der Waals surface area contributed by atoms with Gasteiger partial charge in [0.15, 0.2) is 0 Å². The maximum absolute atomic E-state index is 11.4. The van der Waals surface area contributed by atoms with Crippen molar-refractivity contribution in [3.8, 4) is 5.75 Å². The third-order valence-electron chi connectivity index (χ3n) is 5.87. The molecule has 9 heteroatoms. The van der Waals surface area contributed by atoms with Gasteiger partial charge in [-0.15, -0.1) is 0 Å². The van der Waals surface area contributed by atoms with E-state index in [-0.39, 0.29) is 17.3 Å². The van der Waals surface area contributed by atoms with Gasteiger partial charge in [0.1, 0.15) is 5.75 Å². The molecule has 0 fully saturated rings. The Balaban J connectivity index is 1.41. The van der Waals surface area contributed by atoms with E-state index in [9.17, 15) is 23.7 Å². The van der Waals surface area contributed by atoms with Crippen molar-refractivity contribution in [3.63, 3.8) is 0 Å². The Bertz CT molecular complexity index is 984. The average Bonchev–Trinajstić information content (AvgIpc) is 2.84. The number of hydrogen-bond acceptors (Lipinski definition) is 7. The van der Waals surface area contributed by atoms with E-state index in [2.05, 4.69) is 5.32 Å². The van der Waals surface area contributed by atoms with Crippen LogP contribution in [0.4, 0.5) is 0 Å². The number of rotatable bonds is 18. The van der Waals surface area contributed by atoms with Gasteiger partial charge in [-0.1, -0.05) is 37.5 Å². The van der Waals surface area contributed by atoms with Gasteiger partial charge in [0, 0.05) is 25.3 Å². The van der Waals surface area contributed by atoms with Crippen LogP contribution in [0.3, 0.4) is 0 Å². The monoisotopic (exact) mass is 508 g/mol. The number of nitrogens with two attached hydrogens (primary N) is 1. The molecule has 0 aromatic heterocycles. The van der Waals surface area contributed by atoms with Crippen molar-refractivity contribution in [2.45, 2.75) is 69.0 Å². The highest BCUT2D eigenvalue weighted by atomic mass is 32.2. The van der Waals surface area contributed by atoms with E-state index >= 15 is 0 Å². The van der Waals surface area contributed by atoms with Gasteiger partial charge in [0.25, 0.3) is 0 Å². The van der Waals surface area contributed by atoms with E-state index in [0.717, 1.165) is 76.7 Å². The lowest BCUT2D eigenvalue weighted by molar-refractivity contribution is 0.126. The predicted octanol–water partition coefficient (Wildman–Crippen LogP) is 3.14. The Morgan fingerprint density at radius 3 is 2.37 bits per heavy atom. The normalized spacial score (nSPS) is 12.7. The first-order valence-corrected chi connectivity index (χ1v) is 13.9. The summed E-state index contributed by atoms with van der Waals surface area (Å²) in [6.07, 6.45) is 7.39. The first kappa shape index (κ1) is 29.2. The van der Waals surface area contributed by atoms with Crippen molar-refractivity contribution in [2.24, 2.45) is 5.14 Å². The van der Waals surface area contributed by atoms with E-state index in [4.69, 9.17) is 9.88 Å². The van der Waals surface area contributed by atoms with E-state index in [1.807, 2.05) is 6.07 Å². The van der Waals surface area contributed by atoms with Gasteiger partial charge < -0.3 is 25.4 Å². The summed E-state index contributed by atoms with van der Waals surface area (Å²) in [5.41, 5.74) is 2.07. The van der Waals surface area contributed by atoms with Gasteiger partial charge in [-0.25, -0.2) is 13.6 Å². The summed E-state index contributed by atoms with van der Waals surface area (Å²) >= 11 is 0. The number of unbranched alkanes of at least 4 members (excludes halogenated alkanes) is 5. The second kappa shape index (κ2) is 15.9. The Hall–Kier alpha value is -2.01. The summed E-state index contributed by atoms with van der Waals surface area (Å²) in [5, 5.41) is 37.5. The molecule has 35 heavy (non-hydrogen) atoms. The Morgan fingerprint density at radius 2 is 1.66 bits per heavy atom. The standard InChI is InChI=1S/C26H40N2O6S/c27-35(32,33)24-11-8-10-21(17-24)9-4-3-7-16-34-15-6-2-1-5-14-28-19-26(31)22-12-13-25(30)23(18-22)20-29/h8,10-13,17-18,26,28-31H,1-7,9,14-16,19-20H2,(H2,27,32,33)/t26-/m0/s1. The number of benzene rings is 2. The van der Waals surface area contributed by atoms with Crippen LogP contribution in [0.15, 0.2) is 47.4 Å². The molecule has 0 saturated heterocycles. The van der Waals surface area contributed by atoms with E-state index in [1.54, 1.807) is 24.3 Å². The minimum absolute atomic E-state index is 0.0337. The third kappa shape index (κ3) is 11.5. The topological polar surface area (TPSA) is 142 Å².